The Balaban J connectivity index is 1.48. The number of hydrogen-bond donors (Lipinski definition) is 2. The number of carbonyl (C=O) groups is 1. The highest BCUT2D eigenvalue weighted by atomic mass is 32.1. The van der Waals surface area contributed by atoms with Crippen molar-refractivity contribution in [1.82, 2.24) is 15.0 Å². The van der Waals surface area contributed by atoms with Gasteiger partial charge in [-0.1, -0.05) is 12.1 Å². The van der Waals surface area contributed by atoms with Gasteiger partial charge in [-0.3, -0.25) is 10.1 Å². The molecule has 0 unspecified atom stereocenters. The minimum atomic E-state index is -0.202. The van der Waals surface area contributed by atoms with Crippen molar-refractivity contribution in [3.8, 4) is 22.7 Å². The summed E-state index contributed by atoms with van der Waals surface area (Å²) in [4.78, 5) is 23.7. The molecular formula is C17H12N4O2S. The summed E-state index contributed by atoms with van der Waals surface area (Å²) < 4.78 is 5.23. The fourth-order valence-electron chi connectivity index (χ4n) is 2.26. The van der Waals surface area contributed by atoms with Crippen LogP contribution in [0.25, 0.3) is 22.7 Å². The van der Waals surface area contributed by atoms with Crippen molar-refractivity contribution in [3.05, 3.63) is 66.1 Å². The molecule has 118 valence electrons. The van der Waals surface area contributed by atoms with Crippen LogP contribution in [0.2, 0.25) is 0 Å². The van der Waals surface area contributed by atoms with Crippen molar-refractivity contribution >= 4 is 22.4 Å². The lowest BCUT2D eigenvalue weighted by Gasteiger charge is -2.02. The van der Waals surface area contributed by atoms with Crippen molar-refractivity contribution in [2.75, 3.05) is 5.32 Å². The van der Waals surface area contributed by atoms with E-state index in [1.807, 2.05) is 35.8 Å². The molecule has 0 fully saturated rings. The van der Waals surface area contributed by atoms with E-state index in [0.717, 1.165) is 17.0 Å². The summed E-state index contributed by atoms with van der Waals surface area (Å²) in [6.45, 7) is 0. The number of oxazole rings is 1. The smallest absolute Gasteiger partial charge is 0.257 e. The van der Waals surface area contributed by atoms with Gasteiger partial charge >= 0.3 is 0 Å². The van der Waals surface area contributed by atoms with Crippen LogP contribution in [0, 0.1) is 0 Å². The third-order valence-corrected chi connectivity index (χ3v) is 4.22. The molecular weight excluding hydrogens is 324 g/mol. The molecule has 4 rings (SSSR count). The van der Waals surface area contributed by atoms with Gasteiger partial charge in [-0.25, -0.2) is 9.97 Å². The first-order chi connectivity index (χ1) is 11.8. The van der Waals surface area contributed by atoms with Gasteiger partial charge in [0.25, 0.3) is 5.91 Å². The Labute approximate surface area is 141 Å². The summed E-state index contributed by atoms with van der Waals surface area (Å²) >= 11 is 1.39. The maximum Gasteiger partial charge on any atom is 0.257 e. The number of H-pyrrole nitrogens is 1. The first-order valence-electron chi connectivity index (χ1n) is 7.19. The molecule has 7 heteroatoms. The molecule has 1 amide bonds. The number of aromatic amines is 1. The summed E-state index contributed by atoms with van der Waals surface area (Å²) in [6.07, 6.45) is 4.84. The zero-order valence-electron chi connectivity index (χ0n) is 12.4. The zero-order chi connectivity index (χ0) is 16.4. The number of nitrogens with one attached hydrogen (secondary N) is 2. The van der Waals surface area contributed by atoms with Crippen LogP contribution in [0.4, 0.5) is 5.13 Å². The van der Waals surface area contributed by atoms with Gasteiger partial charge in [0, 0.05) is 22.7 Å². The molecule has 0 spiro atoms. The van der Waals surface area contributed by atoms with Crippen LogP contribution >= 0.6 is 11.3 Å². The van der Waals surface area contributed by atoms with Crippen molar-refractivity contribution in [1.29, 1.82) is 0 Å². The van der Waals surface area contributed by atoms with E-state index in [0.29, 0.717) is 16.5 Å². The maximum absolute atomic E-state index is 12.3. The molecule has 6 nitrogen and oxygen atoms in total. The van der Waals surface area contributed by atoms with Crippen molar-refractivity contribution in [2.24, 2.45) is 0 Å². The number of benzene rings is 1. The van der Waals surface area contributed by atoms with E-state index in [2.05, 4.69) is 20.3 Å². The molecule has 0 saturated carbocycles. The quantitative estimate of drug-likeness (QED) is 0.589. The maximum atomic E-state index is 12.3. The molecule has 1 aromatic carbocycles. The third kappa shape index (κ3) is 2.84. The molecule has 0 aliphatic heterocycles. The monoisotopic (exact) mass is 336 g/mol. The minimum absolute atomic E-state index is 0.202. The predicted molar refractivity (Wildman–Crippen MR) is 91.8 cm³/mol. The zero-order valence-corrected chi connectivity index (χ0v) is 13.2. The Kier molecular flexibility index (Phi) is 3.68. The highest BCUT2D eigenvalue weighted by Gasteiger charge is 2.11. The van der Waals surface area contributed by atoms with Gasteiger partial charge in [0.15, 0.2) is 17.3 Å². The van der Waals surface area contributed by atoms with Crippen LogP contribution in [0.3, 0.4) is 0 Å². The molecule has 24 heavy (non-hydrogen) atoms. The molecule has 0 aliphatic carbocycles. The summed E-state index contributed by atoms with van der Waals surface area (Å²) in [5.74, 6) is 0.462. The van der Waals surface area contributed by atoms with Crippen molar-refractivity contribution < 1.29 is 9.21 Å². The number of hydrogen-bond acceptors (Lipinski definition) is 5. The summed E-state index contributed by atoms with van der Waals surface area (Å²) in [5.41, 5.74) is 3.14. The number of nitrogens with zero attached hydrogens (tertiary/aromatic N) is 2. The summed E-state index contributed by atoms with van der Waals surface area (Å²) in [6, 6.07) is 11.0. The van der Waals surface area contributed by atoms with Gasteiger partial charge in [0.2, 0.25) is 0 Å². The molecule has 4 aromatic rings. The fraction of sp³-hybridized carbons (Fsp3) is 0. The SMILES string of the molecule is O=C(Nc1nc(-c2ccc[nH]2)cs1)c1ccc(-c2cnco2)cc1. The lowest BCUT2D eigenvalue weighted by atomic mass is 10.1. The van der Waals surface area contributed by atoms with Crippen LogP contribution in [0.1, 0.15) is 10.4 Å². The second-order valence-corrected chi connectivity index (χ2v) is 5.88. The van der Waals surface area contributed by atoms with Crippen molar-refractivity contribution in [3.63, 3.8) is 0 Å². The number of rotatable bonds is 4. The third-order valence-electron chi connectivity index (χ3n) is 3.46. The number of carbonyl (C=O) groups excluding carboxylic acids is 1. The molecule has 0 atom stereocenters. The predicted octanol–water partition coefficient (Wildman–Crippen LogP) is 4.05. The fourth-order valence-corrected chi connectivity index (χ4v) is 2.96. The Morgan fingerprint density at radius 3 is 2.79 bits per heavy atom. The molecule has 0 bridgehead atoms. The van der Waals surface area contributed by atoms with E-state index < -0.39 is 0 Å². The van der Waals surface area contributed by atoms with E-state index in [9.17, 15) is 4.79 Å². The topological polar surface area (TPSA) is 83.8 Å². The van der Waals surface area contributed by atoms with Gasteiger partial charge in [0.1, 0.15) is 0 Å². The Morgan fingerprint density at radius 1 is 1.21 bits per heavy atom. The average molecular weight is 336 g/mol. The van der Waals surface area contributed by atoms with Gasteiger partial charge in [-0.15, -0.1) is 11.3 Å². The minimum Gasteiger partial charge on any atom is -0.444 e. The van der Waals surface area contributed by atoms with Crippen LogP contribution in [0.15, 0.2) is 65.0 Å². The first kappa shape index (κ1) is 14.4. The highest BCUT2D eigenvalue weighted by Crippen LogP contribution is 2.24. The summed E-state index contributed by atoms with van der Waals surface area (Å²) in [7, 11) is 0. The average Bonchev–Trinajstić information content (AvgIpc) is 3.36. The normalized spacial score (nSPS) is 10.7. The summed E-state index contributed by atoms with van der Waals surface area (Å²) in [5, 5.41) is 5.27. The standard InChI is InChI=1S/C17H12N4O2S/c22-16(12-5-3-11(4-6-12)15-8-18-10-23-15)21-17-20-14(9-24-17)13-2-1-7-19-13/h1-10,19H,(H,20,21,22). The van der Waals surface area contributed by atoms with E-state index in [4.69, 9.17) is 4.42 Å². The Bertz CT molecular complexity index is 941. The van der Waals surface area contributed by atoms with E-state index in [1.54, 1.807) is 18.3 Å². The second-order valence-electron chi connectivity index (χ2n) is 5.02. The van der Waals surface area contributed by atoms with Gasteiger partial charge < -0.3 is 9.40 Å². The van der Waals surface area contributed by atoms with Crippen LogP contribution in [-0.4, -0.2) is 20.9 Å². The second kappa shape index (κ2) is 6.13. The van der Waals surface area contributed by atoms with Gasteiger partial charge in [0.05, 0.1) is 17.6 Å². The molecule has 2 N–H and O–H groups in total. The number of aromatic nitrogens is 3. The van der Waals surface area contributed by atoms with Crippen LogP contribution in [0.5, 0.6) is 0 Å². The molecule has 0 radical (unpaired) electrons. The van der Waals surface area contributed by atoms with E-state index >= 15 is 0 Å². The molecule has 3 aromatic heterocycles. The van der Waals surface area contributed by atoms with E-state index in [-0.39, 0.29) is 5.91 Å². The first-order valence-corrected chi connectivity index (χ1v) is 8.07. The lowest BCUT2D eigenvalue weighted by Crippen LogP contribution is -2.11. The molecule has 0 aliphatic rings. The Morgan fingerprint density at radius 2 is 2.08 bits per heavy atom. The molecule has 0 saturated heterocycles. The molecule has 3 heterocycles. The number of anilines is 1. The largest absolute Gasteiger partial charge is 0.444 e. The van der Waals surface area contributed by atoms with Crippen LogP contribution < -0.4 is 5.32 Å². The number of amides is 1. The van der Waals surface area contributed by atoms with Crippen molar-refractivity contribution in [2.45, 2.75) is 0 Å². The van der Waals surface area contributed by atoms with Gasteiger partial charge in [-0.05, 0) is 24.3 Å². The Hall–Kier alpha value is -3.19. The highest BCUT2D eigenvalue weighted by molar-refractivity contribution is 7.14. The van der Waals surface area contributed by atoms with Crippen LogP contribution in [-0.2, 0) is 0 Å². The van der Waals surface area contributed by atoms with E-state index in [1.165, 1.54) is 17.7 Å². The lowest BCUT2D eigenvalue weighted by molar-refractivity contribution is 0.102. The van der Waals surface area contributed by atoms with Gasteiger partial charge in [-0.2, -0.15) is 0 Å². The number of thiazole rings is 1.